The van der Waals surface area contributed by atoms with Crippen LogP contribution in [-0.4, -0.2) is 31.1 Å². The van der Waals surface area contributed by atoms with E-state index in [1.165, 1.54) is 6.07 Å². The van der Waals surface area contributed by atoms with Gasteiger partial charge in [0.05, 0.1) is 4.47 Å². The van der Waals surface area contributed by atoms with E-state index in [0.717, 1.165) is 38.2 Å². The van der Waals surface area contributed by atoms with Gasteiger partial charge in [0.2, 0.25) is 0 Å². The van der Waals surface area contributed by atoms with Crippen LogP contribution in [0.1, 0.15) is 18.0 Å². The molecule has 0 aliphatic carbocycles. The maximum atomic E-state index is 13.6. The fourth-order valence-electron chi connectivity index (χ4n) is 2.40. The Labute approximate surface area is 116 Å². The number of hydrogen-bond acceptors (Lipinski definition) is 2. The monoisotopic (exact) mass is 312 g/mol. The molecule has 1 heterocycles. The minimum atomic E-state index is -0.198. The summed E-state index contributed by atoms with van der Waals surface area (Å²) < 4.78 is 14.2. The first-order valence-corrected chi connectivity index (χ1v) is 7.03. The second-order valence-corrected chi connectivity index (χ2v) is 5.26. The Morgan fingerprint density at radius 3 is 2.83 bits per heavy atom. The van der Waals surface area contributed by atoms with E-state index < -0.39 is 0 Å². The SMILES string of the molecule is C=CC[C@@H](c1cccc(F)c1Br)N1CCNCC1. The fourth-order valence-corrected chi connectivity index (χ4v) is 2.93. The van der Waals surface area contributed by atoms with Crippen molar-refractivity contribution >= 4 is 15.9 Å². The number of hydrogen-bond donors (Lipinski definition) is 1. The second-order valence-electron chi connectivity index (χ2n) is 4.47. The number of rotatable bonds is 4. The number of piperazine rings is 1. The van der Waals surface area contributed by atoms with Gasteiger partial charge in [-0.05, 0) is 34.0 Å². The molecule has 0 saturated carbocycles. The lowest BCUT2D eigenvalue weighted by atomic mass is 10.0. The van der Waals surface area contributed by atoms with Crippen LogP contribution in [-0.2, 0) is 0 Å². The van der Waals surface area contributed by atoms with E-state index in [0.29, 0.717) is 4.47 Å². The normalized spacial score (nSPS) is 18.6. The lowest BCUT2D eigenvalue weighted by molar-refractivity contribution is 0.173. The Morgan fingerprint density at radius 1 is 1.44 bits per heavy atom. The third-order valence-electron chi connectivity index (χ3n) is 3.32. The van der Waals surface area contributed by atoms with Crippen LogP contribution in [0.15, 0.2) is 35.3 Å². The topological polar surface area (TPSA) is 15.3 Å². The standard InChI is InChI=1S/C14H18BrFN2/c1-2-4-13(18-9-7-17-8-10-18)11-5-3-6-12(16)14(11)15/h2-3,5-6,13,17H,1,4,7-10H2/t13-/m0/s1. The van der Waals surface area contributed by atoms with Crippen molar-refractivity contribution < 1.29 is 4.39 Å². The van der Waals surface area contributed by atoms with Gasteiger partial charge in [-0.2, -0.15) is 0 Å². The largest absolute Gasteiger partial charge is 0.314 e. The lowest BCUT2D eigenvalue weighted by Crippen LogP contribution is -2.45. The van der Waals surface area contributed by atoms with Crippen molar-refractivity contribution in [3.05, 3.63) is 46.7 Å². The quantitative estimate of drug-likeness (QED) is 0.859. The van der Waals surface area contributed by atoms with Gasteiger partial charge in [-0.1, -0.05) is 18.2 Å². The molecular formula is C14H18BrFN2. The third-order valence-corrected chi connectivity index (χ3v) is 4.16. The van der Waals surface area contributed by atoms with Crippen molar-refractivity contribution in [1.29, 1.82) is 0 Å². The van der Waals surface area contributed by atoms with Crippen LogP contribution in [0.2, 0.25) is 0 Å². The lowest BCUT2D eigenvalue weighted by Gasteiger charge is -2.35. The number of halogens is 2. The van der Waals surface area contributed by atoms with E-state index in [2.05, 4.69) is 32.7 Å². The Kier molecular flexibility index (Phi) is 4.92. The summed E-state index contributed by atoms with van der Waals surface area (Å²) in [6.45, 7) is 7.77. The van der Waals surface area contributed by atoms with Crippen LogP contribution in [0.25, 0.3) is 0 Å². The van der Waals surface area contributed by atoms with E-state index in [1.54, 1.807) is 6.07 Å². The summed E-state index contributed by atoms with van der Waals surface area (Å²) in [7, 11) is 0. The predicted molar refractivity (Wildman–Crippen MR) is 76.1 cm³/mol. The zero-order chi connectivity index (χ0) is 13.0. The van der Waals surface area contributed by atoms with Crippen LogP contribution >= 0.6 is 15.9 Å². The first kappa shape index (κ1) is 13.7. The third kappa shape index (κ3) is 2.99. The van der Waals surface area contributed by atoms with E-state index in [-0.39, 0.29) is 11.9 Å². The van der Waals surface area contributed by atoms with E-state index in [9.17, 15) is 4.39 Å². The molecule has 18 heavy (non-hydrogen) atoms. The molecule has 0 spiro atoms. The fraction of sp³-hybridized carbons (Fsp3) is 0.429. The summed E-state index contributed by atoms with van der Waals surface area (Å²) in [5.41, 5.74) is 1.01. The predicted octanol–water partition coefficient (Wildman–Crippen LogP) is 3.11. The van der Waals surface area contributed by atoms with Gasteiger partial charge in [0.15, 0.2) is 0 Å². The maximum Gasteiger partial charge on any atom is 0.137 e. The zero-order valence-electron chi connectivity index (χ0n) is 10.3. The van der Waals surface area contributed by atoms with Crippen LogP contribution < -0.4 is 5.32 Å². The van der Waals surface area contributed by atoms with Gasteiger partial charge >= 0.3 is 0 Å². The van der Waals surface area contributed by atoms with Crippen LogP contribution in [0.4, 0.5) is 4.39 Å². The highest BCUT2D eigenvalue weighted by molar-refractivity contribution is 9.10. The average molecular weight is 313 g/mol. The van der Waals surface area contributed by atoms with Gasteiger partial charge < -0.3 is 5.32 Å². The molecule has 1 aliphatic heterocycles. The molecule has 0 bridgehead atoms. The molecule has 98 valence electrons. The first-order chi connectivity index (χ1) is 8.74. The molecule has 2 rings (SSSR count). The number of nitrogens with zero attached hydrogens (tertiary/aromatic N) is 1. The summed E-state index contributed by atoms with van der Waals surface area (Å²) in [6, 6.07) is 5.45. The van der Waals surface area contributed by atoms with Gasteiger partial charge in [-0.25, -0.2) is 4.39 Å². The highest BCUT2D eigenvalue weighted by Crippen LogP contribution is 2.32. The molecule has 1 aliphatic rings. The molecular weight excluding hydrogens is 295 g/mol. The minimum Gasteiger partial charge on any atom is -0.314 e. The summed E-state index contributed by atoms with van der Waals surface area (Å²) >= 11 is 3.37. The highest BCUT2D eigenvalue weighted by Gasteiger charge is 2.23. The maximum absolute atomic E-state index is 13.6. The highest BCUT2D eigenvalue weighted by atomic mass is 79.9. The van der Waals surface area contributed by atoms with Crippen molar-refractivity contribution in [3.8, 4) is 0 Å². The van der Waals surface area contributed by atoms with Crippen LogP contribution in [0.3, 0.4) is 0 Å². The Morgan fingerprint density at radius 2 is 2.17 bits per heavy atom. The molecule has 0 radical (unpaired) electrons. The van der Waals surface area contributed by atoms with E-state index in [4.69, 9.17) is 0 Å². The van der Waals surface area contributed by atoms with Crippen molar-refractivity contribution in [1.82, 2.24) is 10.2 Å². The molecule has 0 amide bonds. The van der Waals surface area contributed by atoms with E-state index >= 15 is 0 Å². The van der Waals surface area contributed by atoms with Crippen molar-refractivity contribution in [3.63, 3.8) is 0 Å². The molecule has 4 heteroatoms. The van der Waals surface area contributed by atoms with Gasteiger partial charge in [0, 0.05) is 32.2 Å². The molecule has 0 unspecified atom stereocenters. The Hall–Kier alpha value is -0.710. The molecule has 1 fully saturated rings. The van der Waals surface area contributed by atoms with Gasteiger partial charge in [-0.15, -0.1) is 6.58 Å². The summed E-state index contributed by atoms with van der Waals surface area (Å²) in [5, 5.41) is 3.34. The second kappa shape index (κ2) is 6.45. The molecule has 1 atom stereocenters. The van der Waals surface area contributed by atoms with Crippen LogP contribution in [0.5, 0.6) is 0 Å². The van der Waals surface area contributed by atoms with Crippen molar-refractivity contribution in [2.24, 2.45) is 0 Å². The van der Waals surface area contributed by atoms with E-state index in [1.807, 2.05) is 12.1 Å². The minimum absolute atomic E-state index is 0.198. The first-order valence-electron chi connectivity index (χ1n) is 6.23. The zero-order valence-corrected chi connectivity index (χ0v) is 11.9. The Balaban J connectivity index is 2.28. The van der Waals surface area contributed by atoms with Gasteiger partial charge in [-0.3, -0.25) is 4.90 Å². The number of benzene rings is 1. The average Bonchev–Trinajstić information content (AvgIpc) is 2.41. The molecule has 1 N–H and O–H groups in total. The van der Waals surface area contributed by atoms with Gasteiger partial charge in [0.25, 0.3) is 0 Å². The Bertz CT molecular complexity index is 416. The summed E-state index contributed by atoms with van der Waals surface area (Å²) in [4.78, 5) is 2.39. The molecule has 0 aromatic heterocycles. The number of nitrogens with one attached hydrogen (secondary N) is 1. The van der Waals surface area contributed by atoms with Crippen molar-refractivity contribution in [2.75, 3.05) is 26.2 Å². The van der Waals surface area contributed by atoms with Gasteiger partial charge in [0.1, 0.15) is 5.82 Å². The molecule has 2 nitrogen and oxygen atoms in total. The smallest absolute Gasteiger partial charge is 0.137 e. The molecule has 1 aromatic rings. The van der Waals surface area contributed by atoms with Crippen molar-refractivity contribution in [2.45, 2.75) is 12.5 Å². The molecule has 1 aromatic carbocycles. The van der Waals surface area contributed by atoms with Crippen LogP contribution in [0, 0.1) is 5.82 Å². The molecule has 1 saturated heterocycles. The summed E-state index contributed by atoms with van der Waals surface area (Å²) in [6.07, 6.45) is 2.74. The summed E-state index contributed by atoms with van der Waals surface area (Å²) in [5.74, 6) is -0.198.